The van der Waals surface area contributed by atoms with Crippen molar-refractivity contribution in [2.24, 2.45) is 0 Å². The zero-order chi connectivity index (χ0) is 15.0. The SMILES string of the molecule is Nc1cc2c(C=Cc3ccc(F)c(F)c3)n[nH]c2cc1F. The van der Waals surface area contributed by atoms with Crippen LogP contribution in [0.5, 0.6) is 0 Å². The van der Waals surface area contributed by atoms with E-state index < -0.39 is 17.5 Å². The Labute approximate surface area is 117 Å². The van der Waals surface area contributed by atoms with Crippen molar-refractivity contribution in [1.29, 1.82) is 0 Å². The third kappa shape index (κ3) is 2.47. The Morgan fingerprint density at radius 1 is 0.952 bits per heavy atom. The molecule has 0 unspecified atom stereocenters. The van der Waals surface area contributed by atoms with Crippen LogP contribution in [0.2, 0.25) is 0 Å². The van der Waals surface area contributed by atoms with Crippen molar-refractivity contribution in [1.82, 2.24) is 10.2 Å². The first-order valence-electron chi connectivity index (χ1n) is 6.11. The van der Waals surface area contributed by atoms with E-state index in [0.717, 1.165) is 12.1 Å². The normalized spacial score (nSPS) is 11.6. The summed E-state index contributed by atoms with van der Waals surface area (Å²) in [6.45, 7) is 0. The maximum absolute atomic E-state index is 13.3. The third-order valence-corrected chi connectivity index (χ3v) is 3.09. The second kappa shape index (κ2) is 4.97. The van der Waals surface area contributed by atoms with Gasteiger partial charge in [-0.2, -0.15) is 5.10 Å². The minimum atomic E-state index is -0.921. The second-order valence-corrected chi connectivity index (χ2v) is 4.54. The zero-order valence-corrected chi connectivity index (χ0v) is 10.7. The van der Waals surface area contributed by atoms with Gasteiger partial charge in [-0.15, -0.1) is 0 Å². The van der Waals surface area contributed by atoms with E-state index in [9.17, 15) is 13.2 Å². The molecule has 0 aliphatic rings. The van der Waals surface area contributed by atoms with E-state index in [0.29, 0.717) is 22.2 Å². The van der Waals surface area contributed by atoms with Crippen molar-refractivity contribution in [3.63, 3.8) is 0 Å². The number of halogens is 3. The van der Waals surface area contributed by atoms with E-state index in [1.54, 1.807) is 12.2 Å². The Balaban J connectivity index is 1.99. The Morgan fingerprint density at radius 3 is 2.52 bits per heavy atom. The average molecular weight is 289 g/mol. The number of benzene rings is 2. The number of nitrogens with one attached hydrogen (secondary N) is 1. The first kappa shape index (κ1) is 13.2. The van der Waals surface area contributed by atoms with Gasteiger partial charge in [-0.3, -0.25) is 5.10 Å². The first-order chi connectivity index (χ1) is 10.0. The summed E-state index contributed by atoms with van der Waals surface area (Å²) in [5.74, 6) is -2.35. The highest BCUT2D eigenvalue weighted by atomic mass is 19.2. The lowest BCUT2D eigenvalue weighted by molar-refractivity contribution is 0.508. The van der Waals surface area contributed by atoms with Crippen molar-refractivity contribution in [3.8, 4) is 0 Å². The van der Waals surface area contributed by atoms with Gasteiger partial charge in [0, 0.05) is 11.5 Å². The number of aromatic nitrogens is 2. The fraction of sp³-hybridized carbons (Fsp3) is 0. The number of nitrogens with zero attached hydrogens (tertiary/aromatic N) is 1. The van der Waals surface area contributed by atoms with Crippen LogP contribution in [0, 0.1) is 17.5 Å². The van der Waals surface area contributed by atoms with Crippen molar-refractivity contribution in [2.45, 2.75) is 0 Å². The number of hydrogen-bond acceptors (Lipinski definition) is 2. The lowest BCUT2D eigenvalue weighted by Gasteiger charge is -1.97. The summed E-state index contributed by atoms with van der Waals surface area (Å²) in [6.07, 6.45) is 3.19. The number of anilines is 1. The van der Waals surface area contributed by atoms with Crippen LogP contribution < -0.4 is 5.73 Å². The Bertz CT molecular complexity index is 853. The van der Waals surface area contributed by atoms with Crippen molar-refractivity contribution >= 4 is 28.7 Å². The molecule has 6 heteroatoms. The number of fused-ring (bicyclic) bond motifs is 1. The molecule has 0 radical (unpaired) electrons. The summed E-state index contributed by atoms with van der Waals surface area (Å²) in [6, 6.07) is 6.29. The molecule has 1 aromatic heterocycles. The molecule has 0 atom stereocenters. The van der Waals surface area contributed by atoms with Crippen LogP contribution in [-0.2, 0) is 0 Å². The number of H-pyrrole nitrogens is 1. The van der Waals surface area contributed by atoms with Gasteiger partial charge in [-0.1, -0.05) is 12.1 Å². The highest BCUT2D eigenvalue weighted by Crippen LogP contribution is 2.23. The molecule has 0 spiro atoms. The molecule has 0 saturated heterocycles. The van der Waals surface area contributed by atoms with Crippen LogP contribution in [0.4, 0.5) is 18.9 Å². The molecular formula is C15H10F3N3. The molecule has 3 N–H and O–H groups in total. The maximum atomic E-state index is 13.3. The monoisotopic (exact) mass is 289 g/mol. The first-order valence-corrected chi connectivity index (χ1v) is 6.11. The van der Waals surface area contributed by atoms with Crippen molar-refractivity contribution in [2.75, 3.05) is 5.73 Å². The highest BCUT2D eigenvalue weighted by molar-refractivity contribution is 5.91. The van der Waals surface area contributed by atoms with E-state index >= 15 is 0 Å². The fourth-order valence-electron chi connectivity index (χ4n) is 1.99. The Morgan fingerprint density at radius 2 is 1.76 bits per heavy atom. The highest BCUT2D eigenvalue weighted by Gasteiger charge is 2.07. The zero-order valence-electron chi connectivity index (χ0n) is 10.7. The molecule has 0 aliphatic carbocycles. The topological polar surface area (TPSA) is 54.7 Å². The molecule has 3 aromatic rings. The molecule has 106 valence electrons. The standard InChI is InChI=1S/C15H10F3N3/c16-10-3-1-8(5-11(10)17)2-4-14-9-6-13(19)12(18)7-15(9)21-20-14/h1-7H,19H2,(H,20,21). The van der Waals surface area contributed by atoms with E-state index in [1.165, 1.54) is 18.2 Å². The number of rotatable bonds is 2. The minimum absolute atomic E-state index is 0.0198. The summed E-state index contributed by atoms with van der Waals surface area (Å²) in [5.41, 5.74) is 7.07. The Hall–Kier alpha value is -2.76. The fourth-order valence-corrected chi connectivity index (χ4v) is 1.99. The quantitative estimate of drug-likeness (QED) is 0.706. The lowest BCUT2D eigenvalue weighted by Crippen LogP contribution is -1.89. The van der Waals surface area contributed by atoms with E-state index in [2.05, 4.69) is 10.2 Å². The molecule has 0 aliphatic heterocycles. The predicted octanol–water partition coefficient (Wildman–Crippen LogP) is 3.73. The summed E-state index contributed by atoms with van der Waals surface area (Å²) in [4.78, 5) is 0. The van der Waals surface area contributed by atoms with Gasteiger partial charge in [-0.05, 0) is 29.8 Å². The number of aromatic amines is 1. The molecule has 1 heterocycles. The van der Waals surface area contributed by atoms with Crippen molar-refractivity contribution in [3.05, 3.63) is 59.0 Å². The van der Waals surface area contributed by atoms with Crippen LogP contribution in [-0.4, -0.2) is 10.2 Å². The predicted molar refractivity (Wildman–Crippen MR) is 75.8 cm³/mol. The van der Waals surface area contributed by atoms with Gasteiger partial charge in [0.2, 0.25) is 0 Å². The molecular weight excluding hydrogens is 279 g/mol. The van der Waals surface area contributed by atoms with Crippen LogP contribution >= 0.6 is 0 Å². The van der Waals surface area contributed by atoms with Crippen LogP contribution in [0.1, 0.15) is 11.3 Å². The van der Waals surface area contributed by atoms with Gasteiger partial charge in [0.15, 0.2) is 11.6 Å². The number of nitrogen functional groups attached to an aromatic ring is 1. The molecule has 0 amide bonds. The van der Waals surface area contributed by atoms with E-state index in [1.807, 2.05) is 0 Å². The van der Waals surface area contributed by atoms with E-state index in [-0.39, 0.29) is 5.69 Å². The molecule has 0 saturated carbocycles. The van der Waals surface area contributed by atoms with Crippen LogP contribution in [0.25, 0.3) is 23.1 Å². The van der Waals surface area contributed by atoms with Crippen LogP contribution in [0.3, 0.4) is 0 Å². The lowest BCUT2D eigenvalue weighted by atomic mass is 10.1. The van der Waals surface area contributed by atoms with Gasteiger partial charge in [0.25, 0.3) is 0 Å². The molecule has 3 rings (SSSR count). The van der Waals surface area contributed by atoms with Crippen molar-refractivity contribution < 1.29 is 13.2 Å². The molecule has 3 nitrogen and oxygen atoms in total. The van der Waals surface area contributed by atoms with Gasteiger partial charge in [0.05, 0.1) is 16.9 Å². The van der Waals surface area contributed by atoms with Gasteiger partial charge in [-0.25, -0.2) is 13.2 Å². The van der Waals surface area contributed by atoms with E-state index in [4.69, 9.17) is 5.73 Å². The molecule has 0 fully saturated rings. The number of hydrogen-bond donors (Lipinski definition) is 2. The summed E-state index contributed by atoms with van der Waals surface area (Å²) in [5, 5.41) is 7.36. The molecule has 0 bridgehead atoms. The summed E-state index contributed by atoms with van der Waals surface area (Å²) >= 11 is 0. The smallest absolute Gasteiger partial charge is 0.159 e. The third-order valence-electron chi connectivity index (χ3n) is 3.09. The molecule has 21 heavy (non-hydrogen) atoms. The van der Waals surface area contributed by atoms with Gasteiger partial charge in [0.1, 0.15) is 5.82 Å². The van der Waals surface area contributed by atoms with Crippen LogP contribution in [0.15, 0.2) is 30.3 Å². The number of nitrogens with two attached hydrogens (primary N) is 1. The van der Waals surface area contributed by atoms with Gasteiger partial charge < -0.3 is 5.73 Å². The minimum Gasteiger partial charge on any atom is -0.396 e. The summed E-state index contributed by atoms with van der Waals surface area (Å²) < 4.78 is 39.3. The molecule has 2 aromatic carbocycles. The largest absolute Gasteiger partial charge is 0.396 e. The average Bonchev–Trinajstić information content (AvgIpc) is 2.83. The summed E-state index contributed by atoms with van der Waals surface area (Å²) in [7, 11) is 0. The second-order valence-electron chi connectivity index (χ2n) is 4.54. The maximum Gasteiger partial charge on any atom is 0.159 e. The van der Waals surface area contributed by atoms with Gasteiger partial charge >= 0.3 is 0 Å². The Kier molecular flexibility index (Phi) is 3.13.